The van der Waals surface area contributed by atoms with Crippen molar-refractivity contribution >= 4 is 0 Å². The largest absolute Gasteiger partial charge is 0.372 e. The van der Waals surface area contributed by atoms with Gasteiger partial charge in [0.25, 0.3) is 0 Å². The zero-order valence-corrected chi connectivity index (χ0v) is 9.40. The Morgan fingerprint density at radius 1 is 0.933 bits per heavy atom. The third kappa shape index (κ3) is 1.45. The van der Waals surface area contributed by atoms with Gasteiger partial charge >= 0.3 is 0 Å². The molecule has 84 valence electrons. The first-order chi connectivity index (χ1) is 7.40. The van der Waals surface area contributed by atoms with Crippen molar-refractivity contribution < 1.29 is 4.74 Å². The smallest absolute Gasteiger partial charge is 0.0936 e. The van der Waals surface area contributed by atoms with Crippen molar-refractivity contribution in [3.8, 4) is 0 Å². The van der Waals surface area contributed by atoms with Crippen molar-refractivity contribution in [2.45, 2.75) is 31.8 Å². The average molecular weight is 207 g/mol. The molecule has 3 atom stereocenters. The van der Waals surface area contributed by atoms with Crippen LogP contribution in [0.2, 0.25) is 0 Å². The molecule has 3 aliphatic carbocycles. The van der Waals surface area contributed by atoms with E-state index < -0.39 is 0 Å². The molecule has 0 spiro atoms. The lowest BCUT2D eigenvalue weighted by molar-refractivity contribution is 0.0577. The molecule has 0 N–H and O–H groups in total. The summed E-state index contributed by atoms with van der Waals surface area (Å²) >= 11 is 0. The lowest BCUT2D eigenvalue weighted by Gasteiger charge is -2.45. The van der Waals surface area contributed by atoms with Gasteiger partial charge in [0.05, 0.1) is 12.7 Å². The number of fused-ring (bicyclic) bond motifs is 2. The van der Waals surface area contributed by atoms with Crippen molar-refractivity contribution in [1.29, 1.82) is 0 Å². The molecule has 0 radical (unpaired) electrons. The molecule has 0 amide bonds. The summed E-state index contributed by atoms with van der Waals surface area (Å²) in [5.74, 6) is 4.31. The maximum atomic E-state index is 5.35. The Hall–Kier alpha value is -0.0800. The summed E-state index contributed by atoms with van der Waals surface area (Å²) in [7, 11) is 0. The van der Waals surface area contributed by atoms with E-state index in [9.17, 15) is 0 Å². The first-order valence-electron chi connectivity index (χ1n) is 6.74. The van der Waals surface area contributed by atoms with Gasteiger partial charge < -0.3 is 9.64 Å². The molecule has 0 aromatic heterocycles. The number of epoxide rings is 1. The number of ether oxygens (including phenoxy) is 1. The molecule has 5 fully saturated rings. The average Bonchev–Trinajstić information content (AvgIpc) is 2.96. The van der Waals surface area contributed by atoms with Crippen LogP contribution in [0, 0.1) is 23.7 Å². The van der Waals surface area contributed by atoms with Crippen LogP contribution < -0.4 is 0 Å². The van der Waals surface area contributed by atoms with E-state index in [0.29, 0.717) is 6.10 Å². The van der Waals surface area contributed by atoms with Crippen LogP contribution in [0.4, 0.5) is 0 Å². The monoisotopic (exact) mass is 207 g/mol. The highest BCUT2D eigenvalue weighted by Crippen LogP contribution is 2.51. The van der Waals surface area contributed by atoms with E-state index in [1.165, 1.54) is 19.6 Å². The van der Waals surface area contributed by atoms with E-state index in [0.717, 1.165) is 30.3 Å². The van der Waals surface area contributed by atoms with Crippen LogP contribution in [0.25, 0.3) is 0 Å². The molecule has 3 saturated carbocycles. The van der Waals surface area contributed by atoms with Gasteiger partial charge in [-0.3, -0.25) is 0 Å². The minimum absolute atomic E-state index is 0.600. The zero-order chi connectivity index (χ0) is 9.83. The minimum atomic E-state index is 0.600. The number of likely N-dealkylation sites (tertiary alicyclic amines) is 1. The predicted octanol–water partition coefficient (Wildman–Crippen LogP) is 1.75. The molecule has 1 unspecified atom stereocenters. The zero-order valence-electron chi connectivity index (χ0n) is 9.40. The summed E-state index contributed by atoms with van der Waals surface area (Å²) in [6.07, 6.45) is 6.76. The molecule has 2 heteroatoms. The Balaban J connectivity index is 1.48. The van der Waals surface area contributed by atoms with E-state index in [1.807, 2.05) is 0 Å². The summed E-state index contributed by atoms with van der Waals surface area (Å²) in [4.78, 5) is 2.70. The summed E-state index contributed by atoms with van der Waals surface area (Å²) in [6.45, 7) is 5.04. The highest BCUT2D eigenvalue weighted by Gasteiger charge is 2.48. The van der Waals surface area contributed by atoms with Gasteiger partial charge in [-0.25, -0.2) is 0 Å². The highest BCUT2D eigenvalue weighted by molar-refractivity contribution is 4.99. The number of rotatable bonds is 2. The number of nitrogens with zero attached hydrogens (tertiary/aromatic N) is 1. The van der Waals surface area contributed by atoms with Crippen molar-refractivity contribution in [2.24, 2.45) is 23.7 Å². The van der Waals surface area contributed by atoms with Crippen molar-refractivity contribution in [3.05, 3.63) is 0 Å². The molecule has 2 saturated heterocycles. The van der Waals surface area contributed by atoms with Crippen molar-refractivity contribution in [3.63, 3.8) is 0 Å². The fourth-order valence-corrected chi connectivity index (χ4v) is 4.55. The van der Waals surface area contributed by atoms with Gasteiger partial charge in [-0.1, -0.05) is 0 Å². The van der Waals surface area contributed by atoms with Crippen LogP contribution in [0.1, 0.15) is 25.7 Å². The van der Waals surface area contributed by atoms with Crippen LogP contribution >= 0.6 is 0 Å². The second-order valence-corrected chi connectivity index (χ2v) is 6.18. The molecule has 2 bridgehead atoms. The summed E-state index contributed by atoms with van der Waals surface area (Å²) in [5.41, 5.74) is 0. The van der Waals surface area contributed by atoms with E-state index in [1.54, 1.807) is 25.7 Å². The molecule has 2 heterocycles. The van der Waals surface area contributed by atoms with Crippen LogP contribution in [0.3, 0.4) is 0 Å². The third-order valence-electron chi connectivity index (χ3n) is 5.38. The Bertz CT molecular complexity index is 235. The highest BCUT2D eigenvalue weighted by atomic mass is 16.6. The maximum absolute atomic E-state index is 5.35. The van der Waals surface area contributed by atoms with Gasteiger partial charge in [-0.15, -0.1) is 0 Å². The van der Waals surface area contributed by atoms with Gasteiger partial charge in [0.15, 0.2) is 0 Å². The number of hydrogen-bond donors (Lipinski definition) is 0. The van der Waals surface area contributed by atoms with Crippen LogP contribution in [-0.2, 0) is 4.74 Å². The van der Waals surface area contributed by atoms with E-state index >= 15 is 0 Å². The number of hydrogen-bond acceptors (Lipinski definition) is 2. The standard InChI is InChI=1S/C13H21NO/c1-2-10-4-3-9(1)12-6-14(7-13(10)12)5-11-8-15-11/h9-13H,1-8H2/t9?,10?,11?,12-,13+. The maximum Gasteiger partial charge on any atom is 0.0936 e. The van der Waals surface area contributed by atoms with Crippen molar-refractivity contribution in [2.75, 3.05) is 26.2 Å². The molecule has 15 heavy (non-hydrogen) atoms. The molecular weight excluding hydrogens is 186 g/mol. The molecule has 2 nitrogen and oxygen atoms in total. The van der Waals surface area contributed by atoms with Gasteiger partial charge in [0.2, 0.25) is 0 Å². The topological polar surface area (TPSA) is 15.8 Å². The lowest BCUT2D eigenvalue weighted by Crippen LogP contribution is -2.38. The van der Waals surface area contributed by atoms with Gasteiger partial charge in [0.1, 0.15) is 0 Å². The van der Waals surface area contributed by atoms with Gasteiger partial charge in [-0.2, -0.15) is 0 Å². The Kier molecular flexibility index (Phi) is 1.92. The predicted molar refractivity (Wildman–Crippen MR) is 58.6 cm³/mol. The molecule has 5 aliphatic rings. The molecule has 0 aromatic rings. The summed E-state index contributed by atoms with van der Waals surface area (Å²) < 4.78 is 5.35. The quantitative estimate of drug-likeness (QED) is 0.641. The molecule has 2 aliphatic heterocycles. The fraction of sp³-hybridized carbons (Fsp3) is 1.00. The third-order valence-corrected chi connectivity index (χ3v) is 5.38. The fourth-order valence-electron chi connectivity index (χ4n) is 4.55. The normalized spacial score (nSPS) is 53.2. The lowest BCUT2D eigenvalue weighted by atomic mass is 9.60. The van der Waals surface area contributed by atoms with Crippen molar-refractivity contribution in [1.82, 2.24) is 4.90 Å². The Morgan fingerprint density at radius 2 is 1.47 bits per heavy atom. The van der Waals surface area contributed by atoms with E-state index in [2.05, 4.69) is 4.90 Å². The first kappa shape index (κ1) is 9.00. The Labute approximate surface area is 92.0 Å². The SMILES string of the molecule is C1OC1CN1C[C@@H]2C3CCC(CC3)[C@@H]2C1. The van der Waals surface area contributed by atoms with Crippen LogP contribution in [0.15, 0.2) is 0 Å². The second-order valence-electron chi connectivity index (χ2n) is 6.18. The second kappa shape index (κ2) is 3.21. The van der Waals surface area contributed by atoms with Crippen LogP contribution in [0.5, 0.6) is 0 Å². The molecular formula is C13H21NO. The summed E-state index contributed by atoms with van der Waals surface area (Å²) in [6, 6.07) is 0. The summed E-state index contributed by atoms with van der Waals surface area (Å²) in [5, 5.41) is 0. The molecule has 0 aromatic carbocycles. The van der Waals surface area contributed by atoms with Gasteiger partial charge in [-0.05, 0) is 49.4 Å². The van der Waals surface area contributed by atoms with Crippen LogP contribution in [-0.4, -0.2) is 37.2 Å². The molecule has 5 rings (SSSR count). The van der Waals surface area contributed by atoms with E-state index in [4.69, 9.17) is 4.74 Å². The Morgan fingerprint density at radius 3 is 1.93 bits per heavy atom. The van der Waals surface area contributed by atoms with E-state index in [-0.39, 0.29) is 0 Å². The van der Waals surface area contributed by atoms with Gasteiger partial charge in [0, 0.05) is 19.6 Å². The first-order valence-corrected chi connectivity index (χ1v) is 6.74. The minimum Gasteiger partial charge on any atom is -0.372 e.